The van der Waals surface area contributed by atoms with Crippen molar-refractivity contribution in [2.45, 2.75) is 13.8 Å². The van der Waals surface area contributed by atoms with E-state index in [-0.39, 0.29) is 5.91 Å². The molecule has 88 valence electrons. The molecule has 0 fully saturated rings. The molecule has 0 bridgehead atoms. The molecule has 0 saturated heterocycles. The van der Waals surface area contributed by atoms with Crippen LogP contribution in [0.4, 0.5) is 5.69 Å². The molecule has 1 N–H and O–H groups in total. The van der Waals surface area contributed by atoms with Crippen molar-refractivity contribution in [2.75, 3.05) is 25.5 Å². The lowest BCUT2D eigenvalue weighted by Crippen LogP contribution is -2.30. The smallest absolute Gasteiger partial charge is 0.238 e. The van der Waals surface area contributed by atoms with Gasteiger partial charge >= 0.3 is 0 Å². The Morgan fingerprint density at radius 1 is 1.50 bits per heavy atom. The van der Waals surface area contributed by atoms with Crippen LogP contribution in [0.3, 0.4) is 0 Å². The van der Waals surface area contributed by atoms with E-state index in [0.29, 0.717) is 11.6 Å². The predicted molar refractivity (Wildman–Crippen MR) is 68.0 cm³/mol. The van der Waals surface area contributed by atoms with Crippen LogP contribution in [0.25, 0.3) is 0 Å². The van der Waals surface area contributed by atoms with Crippen LogP contribution in [-0.2, 0) is 4.79 Å². The first-order chi connectivity index (χ1) is 7.52. The van der Waals surface area contributed by atoms with Gasteiger partial charge in [-0.2, -0.15) is 0 Å². The van der Waals surface area contributed by atoms with Crippen molar-refractivity contribution in [3.05, 3.63) is 28.8 Å². The number of amides is 1. The molecule has 0 aliphatic rings. The van der Waals surface area contributed by atoms with Gasteiger partial charge in [-0.25, -0.2) is 0 Å². The average molecular weight is 241 g/mol. The van der Waals surface area contributed by atoms with Crippen molar-refractivity contribution in [1.82, 2.24) is 4.90 Å². The van der Waals surface area contributed by atoms with Crippen LogP contribution >= 0.6 is 11.6 Å². The van der Waals surface area contributed by atoms with Gasteiger partial charge in [-0.1, -0.05) is 24.6 Å². The molecule has 3 nitrogen and oxygen atoms in total. The summed E-state index contributed by atoms with van der Waals surface area (Å²) in [4.78, 5) is 13.6. The summed E-state index contributed by atoms with van der Waals surface area (Å²) < 4.78 is 0. The van der Waals surface area contributed by atoms with E-state index in [4.69, 9.17) is 11.6 Å². The van der Waals surface area contributed by atoms with Crippen LogP contribution in [0.2, 0.25) is 5.02 Å². The van der Waals surface area contributed by atoms with E-state index in [1.165, 1.54) is 0 Å². The van der Waals surface area contributed by atoms with Gasteiger partial charge in [-0.3, -0.25) is 9.69 Å². The van der Waals surface area contributed by atoms with Crippen LogP contribution < -0.4 is 5.32 Å². The molecule has 0 radical (unpaired) electrons. The second-order valence-electron chi connectivity index (χ2n) is 3.84. The summed E-state index contributed by atoms with van der Waals surface area (Å²) >= 11 is 5.87. The fourth-order valence-electron chi connectivity index (χ4n) is 1.28. The minimum atomic E-state index is -0.0188. The number of aryl methyl sites for hydroxylation is 1. The quantitative estimate of drug-likeness (QED) is 0.877. The second kappa shape index (κ2) is 5.87. The van der Waals surface area contributed by atoms with Gasteiger partial charge in [-0.15, -0.1) is 0 Å². The SMILES string of the molecule is CCN(C)CC(=O)Nc1cc(Cl)ccc1C. The maximum absolute atomic E-state index is 11.6. The number of hydrogen-bond acceptors (Lipinski definition) is 2. The standard InChI is InChI=1S/C12H17ClN2O/c1-4-15(3)8-12(16)14-11-7-10(13)6-5-9(11)2/h5-7H,4,8H2,1-3H3,(H,14,16). The van der Waals surface area contributed by atoms with E-state index in [1.807, 2.05) is 37.9 Å². The maximum Gasteiger partial charge on any atom is 0.238 e. The summed E-state index contributed by atoms with van der Waals surface area (Å²) in [6.07, 6.45) is 0. The molecule has 1 aromatic carbocycles. The van der Waals surface area contributed by atoms with Crippen molar-refractivity contribution >= 4 is 23.2 Å². The highest BCUT2D eigenvalue weighted by atomic mass is 35.5. The summed E-state index contributed by atoms with van der Waals surface area (Å²) in [6.45, 7) is 5.19. The van der Waals surface area contributed by atoms with E-state index < -0.39 is 0 Å². The van der Waals surface area contributed by atoms with E-state index in [9.17, 15) is 4.79 Å². The van der Waals surface area contributed by atoms with Gasteiger partial charge in [0.05, 0.1) is 6.54 Å². The summed E-state index contributed by atoms with van der Waals surface area (Å²) in [5, 5.41) is 3.48. The molecule has 0 aliphatic carbocycles. The number of rotatable bonds is 4. The number of nitrogens with zero attached hydrogens (tertiary/aromatic N) is 1. The molecule has 0 atom stereocenters. The number of hydrogen-bond donors (Lipinski definition) is 1. The third-order valence-electron chi connectivity index (χ3n) is 2.43. The fraction of sp³-hybridized carbons (Fsp3) is 0.417. The number of benzene rings is 1. The third-order valence-corrected chi connectivity index (χ3v) is 2.66. The minimum absolute atomic E-state index is 0.0188. The molecule has 0 heterocycles. The Kier molecular flexibility index (Phi) is 4.77. The molecule has 1 amide bonds. The molecule has 0 aliphatic heterocycles. The molecular formula is C12H17ClN2O. The molecule has 1 aromatic rings. The first-order valence-corrected chi connectivity index (χ1v) is 5.65. The largest absolute Gasteiger partial charge is 0.325 e. The normalized spacial score (nSPS) is 10.6. The number of halogens is 1. The number of anilines is 1. The molecular weight excluding hydrogens is 224 g/mol. The van der Waals surface area contributed by atoms with Crippen LogP contribution in [0, 0.1) is 6.92 Å². The molecule has 0 spiro atoms. The van der Waals surface area contributed by atoms with Gasteiger partial charge in [0.15, 0.2) is 0 Å². The monoisotopic (exact) mass is 240 g/mol. The zero-order chi connectivity index (χ0) is 12.1. The number of nitrogens with one attached hydrogen (secondary N) is 1. The van der Waals surface area contributed by atoms with E-state index >= 15 is 0 Å². The first kappa shape index (κ1) is 13.0. The Labute approximate surface area is 101 Å². The topological polar surface area (TPSA) is 32.3 Å². The van der Waals surface area contributed by atoms with Crippen LogP contribution in [0.1, 0.15) is 12.5 Å². The van der Waals surface area contributed by atoms with E-state index in [2.05, 4.69) is 5.32 Å². The van der Waals surface area contributed by atoms with Gasteiger partial charge < -0.3 is 5.32 Å². The zero-order valence-electron chi connectivity index (χ0n) is 9.88. The molecule has 0 saturated carbocycles. The number of carbonyl (C=O) groups is 1. The Balaban J connectivity index is 2.65. The van der Waals surface area contributed by atoms with Gasteiger partial charge in [0.2, 0.25) is 5.91 Å². The molecule has 4 heteroatoms. The maximum atomic E-state index is 11.6. The summed E-state index contributed by atoms with van der Waals surface area (Å²) in [5.74, 6) is -0.0188. The van der Waals surface area contributed by atoms with Gasteiger partial charge in [-0.05, 0) is 38.2 Å². The highest BCUT2D eigenvalue weighted by Gasteiger charge is 2.07. The Hall–Kier alpha value is -1.06. The Morgan fingerprint density at radius 3 is 2.81 bits per heavy atom. The van der Waals surface area contributed by atoms with Crippen molar-refractivity contribution in [3.63, 3.8) is 0 Å². The molecule has 1 rings (SSSR count). The lowest BCUT2D eigenvalue weighted by molar-refractivity contribution is -0.117. The second-order valence-corrected chi connectivity index (χ2v) is 4.27. The molecule has 0 unspecified atom stereocenters. The van der Waals surface area contributed by atoms with E-state index in [0.717, 1.165) is 17.8 Å². The van der Waals surface area contributed by atoms with Crippen molar-refractivity contribution in [1.29, 1.82) is 0 Å². The summed E-state index contributed by atoms with van der Waals surface area (Å²) in [7, 11) is 1.91. The van der Waals surface area contributed by atoms with Gasteiger partial charge in [0.25, 0.3) is 0 Å². The number of carbonyl (C=O) groups excluding carboxylic acids is 1. The Morgan fingerprint density at radius 2 is 2.19 bits per heavy atom. The highest BCUT2D eigenvalue weighted by molar-refractivity contribution is 6.31. The Bertz CT molecular complexity index is 379. The average Bonchev–Trinajstić information content (AvgIpc) is 2.23. The zero-order valence-corrected chi connectivity index (χ0v) is 10.6. The lowest BCUT2D eigenvalue weighted by atomic mass is 10.2. The minimum Gasteiger partial charge on any atom is -0.325 e. The first-order valence-electron chi connectivity index (χ1n) is 5.27. The summed E-state index contributed by atoms with van der Waals surface area (Å²) in [5.41, 5.74) is 1.79. The third kappa shape index (κ3) is 3.83. The molecule has 16 heavy (non-hydrogen) atoms. The lowest BCUT2D eigenvalue weighted by Gasteiger charge is -2.14. The van der Waals surface area contributed by atoms with Crippen LogP contribution in [-0.4, -0.2) is 30.9 Å². The van der Waals surface area contributed by atoms with Crippen molar-refractivity contribution in [2.24, 2.45) is 0 Å². The van der Waals surface area contributed by atoms with Gasteiger partial charge in [0.1, 0.15) is 0 Å². The van der Waals surface area contributed by atoms with Crippen molar-refractivity contribution in [3.8, 4) is 0 Å². The van der Waals surface area contributed by atoms with Crippen molar-refractivity contribution < 1.29 is 4.79 Å². The number of likely N-dealkylation sites (N-methyl/N-ethyl adjacent to an activating group) is 1. The highest BCUT2D eigenvalue weighted by Crippen LogP contribution is 2.19. The van der Waals surface area contributed by atoms with Crippen LogP contribution in [0.15, 0.2) is 18.2 Å². The fourth-order valence-corrected chi connectivity index (χ4v) is 1.45. The van der Waals surface area contributed by atoms with E-state index in [1.54, 1.807) is 6.07 Å². The van der Waals surface area contributed by atoms with Crippen LogP contribution in [0.5, 0.6) is 0 Å². The molecule has 0 aromatic heterocycles. The van der Waals surface area contributed by atoms with Gasteiger partial charge in [0, 0.05) is 10.7 Å². The predicted octanol–water partition coefficient (Wildman–Crippen LogP) is 2.54. The summed E-state index contributed by atoms with van der Waals surface area (Å²) in [6, 6.07) is 5.47.